The van der Waals surface area contributed by atoms with Gasteiger partial charge in [-0.2, -0.15) is 13.2 Å². The molecule has 1 amide bonds. The van der Waals surface area contributed by atoms with Gasteiger partial charge in [-0.3, -0.25) is 9.69 Å². The molecule has 0 saturated carbocycles. The number of halogens is 3. The molecule has 2 aromatic rings. The second-order valence-corrected chi connectivity index (χ2v) is 6.28. The van der Waals surface area contributed by atoms with Crippen LogP contribution < -0.4 is 9.64 Å². The lowest BCUT2D eigenvalue weighted by Crippen LogP contribution is -2.28. The highest BCUT2D eigenvalue weighted by molar-refractivity contribution is 8.00. The zero-order valence-electron chi connectivity index (χ0n) is 12.7. The highest BCUT2D eigenvalue weighted by Gasteiger charge is 2.36. The lowest BCUT2D eigenvalue weighted by Gasteiger charge is -2.25. The van der Waals surface area contributed by atoms with E-state index in [0.717, 1.165) is 17.7 Å². The third kappa shape index (κ3) is 3.08. The Morgan fingerprint density at radius 2 is 1.79 bits per heavy atom. The summed E-state index contributed by atoms with van der Waals surface area (Å²) in [7, 11) is 1.54. The highest BCUT2D eigenvalue weighted by Crippen LogP contribution is 2.45. The van der Waals surface area contributed by atoms with Crippen LogP contribution in [-0.2, 0) is 11.0 Å². The summed E-state index contributed by atoms with van der Waals surface area (Å²) in [5.74, 6) is 0.765. The number of para-hydroxylation sites is 1. The van der Waals surface area contributed by atoms with Crippen molar-refractivity contribution in [1.29, 1.82) is 0 Å². The van der Waals surface area contributed by atoms with E-state index in [9.17, 15) is 18.0 Å². The monoisotopic (exact) mass is 353 g/mol. The molecule has 0 radical (unpaired) electrons. The van der Waals surface area contributed by atoms with Gasteiger partial charge >= 0.3 is 6.18 Å². The third-order valence-electron chi connectivity index (χ3n) is 3.75. The standard InChI is InChI=1S/C17H14F3NO2S/c1-23-14-5-3-2-4-13(14)16-21(15(22)10-24-16)12-8-6-11(7-9-12)17(18,19)20/h2-9,16H,10H2,1H3/t16-/m1/s1. The van der Waals surface area contributed by atoms with E-state index in [1.807, 2.05) is 18.2 Å². The molecule has 0 bridgehead atoms. The van der Waals surface area contributed by atoms with Crippen LogP contribution in [0, 0.1) is 0 Å². The minimum atomic E-state index is -4.40. The molecule has 0 spiro atoms. The maximum absolute atomic E-state index is 12.7. The molecule has 126 valence electrons. The van der Waals surface area contributed by atoms with Crippen molar-refractivity contribution < 1.29 is 22.7 Å². The van der Waals surface area contributed by atoms with Gasteiger partial charge in [-0.05, 0) is 30.3 Å². The van der Waals surface area contributed by atoms with Gasteiger partial charge in [0, 0.05) is 11.3 Å². The maximum Gasteiger partial charge on any atom is 0.416 e. The Kier molecular flexibility index (Phi) is 4.45. The van der Waals surface area contributed by atoms with Crippen molar-refractivity contribution in [2.75, 3.05) is 17.8 Å². The van der Waals surface area contributed by atoms with Crippen LogP contribution in [0.4, 0.5) is 18.9 Å². The fourth-order valence-electron chi connectivity index (χ4n) is 2.61. The van der Waals surface area contributed by atoms with Crippen LogP contribution in [0.3, 0.4) is 0 Å². The molecule has 0 aliphatic carbocycles. The highest BCUT2D eigenvalue weighted by atomic mass is 32.2. The van der Waals surface area contributed by atoms with Crippen molar-refractivity contribution in [2.24, 2.45) is 0 Å². The van der Waals surface area contributed by atoms with E-state index >= 15 is 0 Å². The van der Waals surface area contributed by atoms with Crippen LogP contribution in [0.5, 0.6) is 5.75 Å². The molecule has 0 unspecified atom stereocenters. The molecule has 3 nitrogen and oxygen atoms in total. The maximum atomic E-state index is 12.7. The zero-order chi connectivity index (χ0) is 17.3. The zero-order valence-corrected chi connectivity index (χ0v) is 13.5. The van der Waals surface area contributed by atoms with Gasteiger partial charge in [0.2, 0.25) is 5.91 Å². The molecule has 7 heteroatoms. The number of rotatable bonds is 3. The molecule has 1 saturated heterocycles. The second kappa shape index (κ2) is 6.39. The van der Waals surface area contributed by atoms with Crippen LogP contribution in [0.1, 0.15) is 16.5 Å². The van der Waals surface area contributed by atoms with Crippen molar-refractivity contribution in [1.82, 2.24) is 0 Å². The number of hydrogen-bond acceptors (Lipinski definition) is 3. The first-order chi connectivity index (χ1) is 11.4. The molecule has 1 aliphatic rings. The van der Waals surface area contributed by atoms with Gasteiger partial charge in [-0.15, -0.1) is 11.8 Å². The number of carbonyl (C=O) groups excluding carboxylic acids is 1. The summed E-state index contributed by atoms with van der Waals surface area (Å²) in [4.78, 5) is 13.8. The summed E-state index contributed by atoms with van der Waals surface area (Å²) in [5.41, 5.74) is 0.518. The number of anilines is 1. The Labute approximate surface area is 141 Å². The summed E-state index contributed by atoms with van der Waals surface area (Å²) < 4.78 is 43.5. The van der Waals surface area contributed by atoms with Crippen molar-refractivity contribution in [3.05, 3.63) is 59.7 Å². The lowest BCUT2D eigenvalue weighted by atomic mass is 10.1. The molecular formula is C17H14F3NO2S. The molecule has 1 heterocycles. The molecular weight excluding hydrogens is 339 g/mol. The number of hydrogen-bond donors (Lipinski definition) is 0. The Bertz CT molecular complexity index is 746. The smallest absolute Gasteiger partial charge is 0.416 e. The van der Waals surface area contributed by atoms with Crippen LogP contribution in [-0.4, -0.2) is 18.8 Å². The predicted octanol–water partition coefficient (Wildman–Crippen LogP) is 4.49. The number of carbonyl (C=O) groups is 1. The molecule has 2 aromatic carbocycles. The first kappa shape index (κ1) is 16.7. The first-order valence-corrected chi connectivity index (χ1v) is 8.20. The van der Waals surface area contributed by atoms with Gasteiger partial charge in [-0.25, -0.2) is 0 Å². The number of nitrogens with zero attached hydrogens (tertiary/aromatic N) is 1. The van der Waals surface area contributed by atoms with Crippen LogP contribution in [0.2, 0.25) is 0 Å². The van der Waals surface area contributed by atoms with E-state index in [0.29, 0.717) is 11.4 Å². The number of amides is 1. The van der Waals surface area contributed by atoms with Gasteiger partial charge in [0.1, 0.15) is 11.1 Å². The number of ether oxygens (including phenoxy) is 1. The van der Waals surface area contributed by atoms with E-state index < -0.39 is 11.7 Å². The number of benzene rings is 2. The molecule has 0 N–H and O–H groups in total. The van der Waals surface area contributed by atoms with E-state index in [1.54, 1.807) is 13.2 Å². The van der Waals surface area contributed by atoms with Crippen molar-refractivity contribution in [2.45, 2.75) is 11.6 Å². The lowest BCUT2D eigenvalue weighted by molar-refractivity contribution is -0.137. The van der Waals surface area contributed by atoms with Crippen LogP contribution in [0.15, 0.2) is 48.5 Å². The summed E-state index contributed by atoms with van der Waals surface area (Å²) in [5, 5.41) is -0.328. The van der Waals surface area contributed by atoms with Crippen molar-refractivity contribution >= 4 is 23.4 Å². The van der Waals surface area contributed by atoms with Gasteiger partial charge in [0.05, 0.1) is 18.4 Å². The Hall–Kier alpha value is -2.15. The molecule has 0 aromatic heterocycles. The van der Waals surface area contributed by atoms with Crippen molar-refractivity contribution in [3.8, 4) is 5.75 Å². The Balaban J connectivity index is 1.97. The van der Waals surface area contributed by atoms with Crippen LogP contribution >= 0.6 is 11.8 Å². The van der Waals surface area contributed by atoms with Gasteiger partial charge in [0.25, 0.3) is 0 Å². The second-order valence-electron chi connectivity index (χ2n) is 5.21. The number of alkyl halides is 3. The average molecular weight is 353 g/mol. The molecule has 1 atom stereocenters. The fourth-order valence-corrected chi connectivity index (χ4v) is 3.82. The minimum Gasteiger partial charge on any atom is -0.496 e. The van der Waals surface area contributed by atoms with Crippen molar-refractivity contribution in [3.63, 3.8) is 0 Å². The molecule has 24 heavy (non-hydrogen) atoms. The molecule has 3 rings (SSSR count). The Morgan fingerprint density at radius 3 is 2.42 bits per heavy atom. The van der Waals surface area contributed by atoms with E-state index in [2.05, 4.69) is 0 Å². The minimum absolute atomic E-state index is 0.143. The average Bonchev–Trinajstić information content (AvgIpc) is 2.95. The molecule has 1 fully saturated rings. The Morgan fingerprint density at radius 1 is 1.12 bits per heavy atom. The summed E-state index contributed by atoms with van der Waals surface area (Å²) >= 11 is 1.42. The first-order valence-electron chi connectivity index (χ1n) is 7.15. The SMILES string of the molecule is COc1ccccc1[C@H]1SCC(=O)N1c1ccc(C(F)(F)F)cc1. The van der Waals surface area contributed by atoms with E-state index in [-0.39, 0.29) is 17.0 Å². The summed E-state index contributed by atoms with van der Waals surface area (Å²) in [6.07, 6.45) is -4.40. The fraction of sp³-hybridized carbons (Fsp3) is 0.235. The molecule has 1 aliphatic heterocycles. The normalized spacial score (nSPS) is 18.1. The summed E-state index contributed by atoms with van der Waals surface area (Å²) in [6.45, 7) is 0. The van der Waals surface area contributed by atoms with E-state index in [1.165, 1.54) is 28.8 Å². The largest absolute Gasteiger partial charge is 0.496 e. The number of thioether (sulfide) groups is 1. The topological polar surface area (TPSA) is 29.5 Å². The number of methoxy groups -OCH3 is 1. The van der Waals surface area contributed by atoms with Gasteiger partial charge in [0.15, 0.2) is 0 Å². The summed E-state index contributed by atoms with van der Waals surface area (Å²) in [6, 6.07) is 12.0. The van der Waals surface area contributed by atoms with E-state index in [4.69, 9.17) is 4.74 Å². The third-order valence-corrected chi connectivity index (χ3v) is 4.94. The van der Waals surface area contributed by atoms with Gasteiger partial charge in [-0.1, -0.05) is 18.2 Å². The van der Waals surface area contributed by atoms with Crippen LogP contribution in [0.25, 0.3) is 0 Å². The van der Waals surface area contributed by atoms with Gasteiger partial charge < -0.3 is 4.74 Å². The predicted molar refractivity (Wildman–Crippen MR) is 87.1 cm³/mol. The quantitative estimate of drug-likeness (QED) is 0.814.